The molecule has 0 heterocycles. The Balaban J connectivity index is 2.29. The Labute approximate surface area is 113 Å². The molecule has 2 rings (SSSR count). The summed E-state index contributed by atoms with van der Waals surface area (Å²) in [5, 5.41) is 2.71. The van der Waals surface area contributed by atoms with Gasteiger partial charge in [0.25, 0.3) is 0 Å². The first-order valence-electron chi connectivity index (χ1n) is 6.28. The minimum absolute atomic E-state index is 0.00190. The van der Waals surface area contributed by atoms with Crippen LogP contribution in [0.15, 0.2) is 29.2 Å². The zero-order chi connectivity index (χ0) is 14.1. The van der Waals surface area contributed by atoms with Crippen LogP contribution in [0.5, 0.6) is 0 Å². The van der Waals surface area contributed by atoms with Gasteiger partial charge in [-0.3, -0.25) is 4.79 Å². The molecule has 1 aliphatic rings. The summed E-state index contributed by atoms with van der Waals surface area (Å²) >= 11 is 0. The summed E-state index contributed by atoms with van der Waals surface area (Å²) in [6.07, 6.45) is 1.52. The first-order chi connectivity index (χ1) is 8.95. The number of nitrogens with two attached hydrogens (primary N) is 1. The summed E-state index contributed by atoms with van der Waals surface area (Å²) < 4.78 is 23.9. The Morgan fingerprint density at radius 1 is 1.37 bits per heavy atom. The van der Waals surface area contributed by atoms with Gasteiger partial charge in [0.15, 0.2) is 9.84 Å². The molecule has 0 unspecified atom stereocenters. The molecule has 1 fully saturated rings. The van der Waals surface area contributed by atoms with Crippen LogP contribution in [-0.4, -0.2) is 26.6 Å². The molecule has 0 spiro atoms. The number of benzene rings is 1. The lowest BCUT2D eigenvalue weighted by Gasteiger charge is -2.15. The van der Waals surface area contributed by atoms with Crippen molar-refractivity contribution in [3.63, 3.8) is 0 Å². The SMILES string of the molecule is CCS(=O)(=O)c1ccccc1NC(=O)C1(CN)CC1. The third kappa shape index (κ3) is 2.64. The predicted molar refractivity (Wildman–Crippen MR) is 73.5 cm³/mol. The van der Waals surface area contributed by atoms with Crippen LogP contribution in [-0.2, 0) is 14.6 Å². The van der Waals surface area contributed by atoms with Gasteiger partial charge in [0.1, 0.15) is 0 Å². The van der Waals surface area contributed by atoms with Crippen molar-refractivity contribution in [2.75, 3.05) is 17.6 Å². The zero-order valence-corrected chi connectivity index (χ0v) is 11.7. The van der Waals surface area contributed by atoms with E-state index in [-0.39, 0.29) is 16.6 Å². The van der Waals surface area contributed by atoms with Gasteiger partial charge in [-0.1, -0.05) is 19.1 Å². The van der Waals surface area contributed by atoms with E-state index in [0.29, 0.717) is 12.2 Å². The maximum Gasteiger partial charge on any atom is 0.231 e. The number of para-hydroxylation sites is 1. The Morgan fingerprint density at radius 2 is 2.00 bits per heavy atom. The number of hydrogen-bond donors (Lipinski definition) is 2. The molecule has 3 N–H and O–H groups in total. The monoisotopic (exact) mass is 282 g/mol. The van der Waals surface area contributed by atoms with Gasteiger partial charge in [0.05, 0.1) is 21.8 Å². The minimum atomic E-state index is -3.35. The number of rotatable bonds is 5. The topological polar surface area (TPSA) is 89.3 Å². The van der Waals surface area contributed by atoms with Crippen molar-refractivity contribution in [2.45, 2.75) is 24.7 Å². The highest BCUT2D eigenvalue weighted by Gasteiger charge is 2.48. The van der Waals surface area contributed by atoms with E-state index in [4.69, 9.17) is 5.73 Å². The average molecular weight is 282 g/mol. The maximum absolute atomic E-state index is 12.1. The molecule has 0 aliphatic heterocycles. The van der Waals surface area contributed by atoms with Crippen molar-refractivity contribution < 1.29 is 13.2 Å². The van der Waals surface area contributed by atoms with Crippen LogP contribution in [0.3, 0.4) is 0 Å². The zero-order valence-electron chi connectivity index (χ0n) is 10.8. The summed E-state index contributed by atoms with van der Waals surface area (Å²) in [5.41, 5.74) is 5.44. The number of amides is 1. The third-order valence-electron chi connectivity index (χ3n) is 3.58. The second-order valence-corrected chi connectivity index (χ2v) is 7.08. The van der Waals surface area contributed by atoms with Gasteiger partial charge >= 0.3 is 0 Å². The molecule has 19 heavy (non-hydrogen) atoms. The van der Waals surface area contributed by atoms with E-state index in [1.54, 1.807) is 25.1 Å². The largest absolute Gasteiger partial charge is 0.329 e. The molecular formula is C13H18N2O3S. The van der Waals surface area contributed by atoms with E-state index >= 15 is 0 Å². The summed E-state index contributed by atoms with van der Waals surface area (Å²) in [5.74, 6) is -0.184. The fraction of sp³-hybridized carbons (Fsp3) is 0.462. The summed E-state index contributed by atoms with van der Waals surface area (Å²) in [6, 6.07) is 6.46. The highest BCUT2D eigenvalue weighted by Crippen LogP contribution is 2.45. The van der Waals surface area contributed by atoms with Crippen LogP contribution >= 0.6 is 0 Å². The molecule has 1 aromatic rings. The van der Waals surface area contributed by atoms with Crippen LogP contribution in [0.2, 0.25) is 0 Å². The molecule has 1 aromatic carbocycles. The molecule has 5 nitrogen and oxygen atoms in total. The fourth-order valence-electron chi connectivity index (χ4n) is 1.93. The summed E-state index contributed by atoms with van der Waals surface area (Å²) in [6.45, 7) is 1.87. The average Bonchev–Trinajstić information content (AvgIpc) is 3.20. The van der Waals surface area contributed by atoms with E-state index < -0.39 is 15.3 Å². The molecule has 0 radical (unpaired) electrons. The Hall–Kier alpha value is -1.40. The van der Waals surface area contributed by atoms with Crippen LogP contribution < -0.4 is 11.1 Å². The lowest BCUT2D eigenvalue weighted by molar-refractivity contribution is -0.120. The van der Waals surface area contributed by atoms with Gasteiger partial charge in [0.2, 0.25) is 5.91 Å². The molecule has 1 saturated carbocycles. The van der Waals surface area contributed by atoms with E-state index in [1.165, 1.54) is 6.07 Å². The quantitative estimate of drug-likeness (QED) is 0.848. The van der Waals surface area contributed by atoms with E-state index in [0.717, 1.165) is 12.8 Å². The molecule has 0 saturated heterocycles. The number of carbonyl (C=O) groups is 1. The summed E-state index contributed by atoms with van der Waals surface area (Å²) in [4.78, 5) is 12.3. The van der Waals surface area contributed by atoms with Crippen molar-refractivity contribution in [2.24, 2.45) is 11.1 Å². The van der Waals surface area contributed by atoms with Crippen LogP contribution in [0.1, 0.15) is 19.8 Å². The van der Waals surface area contributed by atoms with Gasteiger partial charge in [-0.15, -0.1) is 0 Å². The van der Waals surface area contributed by atoms with Crippen molar-refractivity contribution >= 4 is 21.4 Å². The first-order valence-corrected chi connectivity index (χ1v) is 7.94. The molecule has 1 amide bonds. The highest BCUT2D eigenvalue weighted by atomic mass is 32.2. The first kappa shape index (κ1) is 14.0. The van der Waals surface area contributed by atoms with Crippen molar-refractivity contribution in [1.29, 1.82) is 0 Å². The lowest BCUT2D eigenvalue weighted by Crippen LogP contribution is -2.31. The van der Waals surface area contributed by atoms with Gasteiger partial charge in [-0.05, 0) is 25.0 Å². The van der Waals surface area contributed by atoms with Crippen LogP contribution in [0.4, 0.5) is 5.69 Å². The molecule has 104 valence electrons. The van der Waals surface area contributed by atoms with Crippen molar-refractivity contribution in [1.82, 2.24) is 0 Å². The second-order valence-electron chi connectivity index (χ2n) is 4.84. The van der Waals surface area contributed by atoms with Crippen molar-refractivity contribution in [3.05, 3.63) is 24.3 Å². The van der Waals surface area contributed by atoms with E-state index in [1.807, 2.05) is 0 Å². The normalized spacial score (nSPS) is 16.9. The van der Waals surface area contributed by atoms with Gasteiger partial charge in [-0.25, -0.2) is 8.42 Å². The summed E-state index contributed by atoms with van der Waals surface area (Å²) in [7, 11) is -3.35. The number of nitrogens with one attached hydrogen (secondary N) is 1. The van der Waals surface area contributed by atoms with E-state index in [9.17, 15) is 13.2 Å². The molecule has 0 bridgehead atoms. The Kier molecular flexibility index (Phi) is 3.64. The highest BCUT2D eigenvalue weighted by molar-refractivity contribution is 7.91. The third-order valence-corrected chi connectivity index (χ3v) is 5.36. The number of carbonyl (C=O) groups excluding carboxylic acids is 1. The van der Waals surface area contributed by atoms with Gasteiger partial charge in [-0.2, -0.15) is 0 Å². The number of anilines is 1. The molecule has 0 aromatic heterocycles. The van der Waals surface area contributed by atoms with Gasteiger partial charge in [0, 0.05) is 6.54 Å². The maximum atomic E-state index is 12.1. The molecule has 6 heteroatoms. The smallest absolute Gasteiger partial charge is 0.231 e. The van der Waals surface area contributed by atoms with Crippen LogP contribution in [0, 0.1) is 5.41 Å². The number of sulfone groups is 1. The number of hydrogen-bond acceptors (Lipinski definition) is 4. The van der Waals surface area contributed by atoms with Gasteiger partial charge < -0.3 is 11.1 Å². The minimum Gasteiger partial charge on any atom is -0.329 e. The molecule has 0 atom stereocenters. The molecule has 1 aliphatic carbocycles. The predicted octanol–water partition coefficient (Wildman–Crippen LogP) is 1.16. The Morgan fingerprint density at radius 3 is 2.53 bits per heavy atom. The van der Waals surface area contributed by atoms with Crippen molar-refractivity contribution in [3.8, 4) is 0 Å². The fourth-order valence-corrected chi connectivity index (χ4v) is 2.98. The second kappa shape index (κ2) is 4.94. The van der Waals surface area contributed by atoms with Crippen LogP contribution in [0.25, 0.3) is 0 Å². The molecular weight excluding hydrogens is 264 g/mol. The standard InChI is InChI=1S/C13H18N2O3S/c1-2-19(17,18)11-6-4-3-5-10(11)15-12(16)13(9-14)7-8-13/h3-6H,2,7-9,14H2,1H3,(H,15,16). The van der Waals surface area contributed by atoms with E-state index in [2.05, 4.69) is 5.32 Å². The lowest BCUT2D eigenvalue weighted by atomic mass is 10.1. The Bertz CT molecular complexity index is 592.